The van der Waals surface area contributed by atoms with Crippen molar-refractivity contribution in [2.24, 2.45) is 4.99 Å². The van der Waals surface area contributed by atoms with Crippen LogP contribution in [-0.2, 0) is 0 Å². The van der Waals surface area contributed by atoms with Crippen LogP contribution >= 0.6 is 47.1 Å². The van der Waals surface area contributed by atoms with Gasteiger partial charge in [-0.2, -0.15) is 11.8 Å². The van der Waals surface area contributed by atoms with E-state index < -0.39 is 6.10 Å². The largest absolute Gasteiger partial charge is 0.386 e. The minimum atomic E-state index is -0.526. The predicted octanol–water partition coefficient (Wildman–Crippen LogP) is 3.47. The number of thiophene rings is 1. The Labute approximate surface area is 163 Å². The number of halogens is 1. The van der Waals surface area contributed by atoms with E-state index in [1.807, 2.05) is 23.9 Å². The molecule has 1 heterocycles. The SMILES string of the molecule is CN=C(NCCCSC)NCC(O)c1cc2ccccc2s1.I. The van der Waals surface area contributed by atoms with Gasteiger partial charge >= 0.3 is 0 Å². The monoisotopic (exact) mass is 465 g/mol. The molecule has 1 unspecified atom stereocenters. The number of hydrogen-bond donors (Lipinski definition) is 3. The van der Waals surface area contributed by atoms with Gasteiger partial charge in [0, 0.05) is 29.7 Å². The van der Waals surface area contributed by atoms with Crippen LogP contribution in [-0.4, -0.2) is 43.2 Å². The van der Waals surface area contributed by atoms with Gasteiger partial charge in [-0.25, -0.2) is 0 Å². The minimum Gasteiger partial charge on any atom is -0.386 e. The van der Waals surface area contributed by atoms with Gasteiger partial charge in [-0.15, -0.1) is 35.3 Å². The quantitative estimate of drug-likeness (QED) is 0.254. The summed E-state index contributed by atoms with van der Waals surface area (Å²) in [6.45, 7) is 1.34. The standard InChI is InChI=1S/C16H23N3OS2.HI/c1-17-16(18-8-5-9-21-2)19-11-13(20)15-10-12-6-3-4-7-14(12)22-15;/h3-4,6-7,10,13,20H,5,8-9,11H2,1-2H3,(H2,17,18,19);1H. The highest BCUT2D eigenvalue weighted by atomic mass is 127. The number of rotatable bonds is 7. The third-order valence-electron chi connectivity index (χ3n) is 3.28. The van der Waals surface area contributed by atoms with Crippen molar-refractivity contribution >= 4 is 63.1 Å². The van der Waals surface area contributed by atoms with Crippen molar-refractivity contribution in [3.8, 4) is 0 Å². The molecule has 23 heavy (non-hydrogen) atoms. The zero-order chi connectivity index (χ0) is 15.8. The molecular formula is C16H24IN3OS2. The maximum Gasteiger partial charge on any atom is 0.191 e. The summed E-state index contributed by atoms with van der Waals surface area (Å²) in [7, 11) is 1.75. The lowest BCUT2D eigenvalue weighted by Crippen LogP contribution is -2.39. The maximum absolute atomic E-state index is 10.3. The molecule has 2 aromatic rings. The predicted molar refractivity (Wildman–Crippen MR) is 115 cm³/mol. The first kappa shape index (κ1) is 20.5. The molecule has 1 aromatic heterocycles. The molecular weight excluding hydrogens is 441 g/mol. The average Bonchev–Trinajstić information content (AvgIpc) is 2.98. The Balaban J connectivity index is 0.00000264. The van der Waals surface area contributed by atoms with Gasteiger partial charge in [-0.1, -0.05) is 18.2 Å². The smallest absolute Gasteiger partial charge is 0.191 e. The number of thioether (sulfide) groups is 1. The Morgan fingerprint density at radius 1 is 1.35 bits per heavy atom. The second-order valence-corrected chi connectivity index (χ2v) is 7.03. The van der Waals surface area contributed by atoms with Crippen LogP contribution < -0.4 is 10.6 Å². The number of aliphatic hydroxyl groups excluding tert-OH is 1. The Bertz CT molecular complexity index is 585. The molecule has 0 aliphatic heterocycles. The highest BCUT2D eigenvalue weighted by molar-refractivity contribution is 14.0. The van der Waals surface area contributed by atoms with Crippen molar-refractivity contribution < 1.29 is 5.11 Å². The summed E-state index contributed by atoms with van der Waals surface area (Å²) < 4.78 is 1.20. The molecule has 0 aliphatic rings. The van der Waals surface area contributed by atoms with Crippen molar-refractivity contribution in [3.63, 3.8) is 0 Å². The molecule has 1 atom stereocenters. The number of fused-ring (bicyclic) bond motifs is 1. The van der Waals surface area contributed by atoms with Gasteiger partial charge in [0.25, 0.3) is 0 Å². The van der Waals surface area contributed by atoms with Gasteiger partial charge in [0.2, 0.25) is 0 Å². The van der Waals surface area contributed by atoms with E-state index in [0.717, 1.165) is 29.6 Å². The molecule has 0 aliphatic carbocycles. The molecule has 4 nitrogen and oxygen atoms in total. The summed E-state index contributed by atoms with van der Waals surface area (Å²) >= 11 is 3.48. The number of hydrogen-bond acceptors (Lipinski definition) is 4. The van der Waals surface area contributed by atoms with E-state index in [4.69, 9.17) is 0 Å². The van der Waals surface area contributed by atoms with Gasteiger partial charge in [-0.05, 0) is 35.9 Å². The highest BCUT2D eigenvalue weighted by Gasteiger charge is 2.11. The van der Waals surface area contributed by atoms with Crippen LogP contribution in [0.25, 0.3) is 10.1 Å². The van der Waals surface area contributed by atoms with Crippen molar-refractivity contribution in [3.05, 3.63) is 35.2 Å². The van der Waals surface area contributed by atoms with E-state index in [2.05, 4.69) is 40.1 Å². The van der Waals surface area contributed by atoms with Crippen LogP contribution in [0, 0.1) is 0 Å². The lowest BCUT2D eigenvalue weighted by Gasteiger charge is -2.14. The topological polar surface area (TPSA) is 56.7 Å². The first-order chi connectivity index (χ1) is 10.7. The second kappa shape index (κ2) is 11.1. The van der Waals surface area contributed by atoms with Crippen molar-refractivity contribution in [1.82, 2.24) is 10.6 Å². The normalized spacial score (nSPS) is 12.7. The van der Waals surface area contributed by atoms with E-state index >= 15 is 0 Å². The molecule has 0 saturated heterocycles. The van der Waals surface area contributed by atoms with E-state index in [-0.39, 0.29) is 24.0 Å². The van der Waals surface area contributed by atoms with Crippen LogP contribution in [0.1, 0.15) is 17.4 Å². The summed E-state index contributed by atoms with van der Waals surface area (Å²) in [4.78, 5) is 5.15. The number of aliphatic imine (C=N–C) groups is 1. The Hall–Kier alpha value is -0.510. The molecule has 0 amide bonds. The van der Waals surface area contributed by atoms with Gasteiger partial charge in [-0.3, -0.25) is 4.99 Å². The van der Waals surface area contributed by atoms with E-state index in [1.165, 1.54) is 10.1 Å². The van der Waals surface area contributed by atoms with Gasteiger partial charge in [0.15, 0.2) is 5.96 Å². The van der Waals surface area contributed by atoms with Gasteiger partial charge in [0.1, 0.15) is 6.10 Å². The summed E-state index contributed by atoms with van der Waals surface area (Å²) in [6.07, 6.45) is 2.68. The minimum absolute atomic E-state index is 0. The number of benzene rings is 1. The van der Waals surface area contributed by atoms with Crippen molar-refractivity contribution in [2.75, 3.05) is 32.1 Å². The first-order valence-electron chi connectivity index (χ1n) is 7.34. The second-order valence-electron chi connectivity index (χ2n) is 4.93. The number of nitrogens with one attached hydrogen (secondary N) is 2. The molecule has 0 fully saturated rings. The Kier molecular flexibility index (Phi) is 9.92. The third-order valence-corrected chi connectivity index (χ3v) is 5.19. The molecule has 2 rings (SSSR count). The summed E-state index contributed by atoms with van der Waals surface area (Å²) in [5, 5.41) is 18.0. The van der Waals surface area contributed by atoms with Crippen LogP contribution in [0.15, 0.2) is 35.3 Å². The fraction of sp³-hybridized carbons (Fsp3) is 0.438. The highest BCUT2D eigenvalue weighted by Crippen LogP contribution is 2.29. The van der Waals surface area contributed by atoms with E-state index in [1.54, 1.807) is 18.4 Å². The van der Waals surface area contributed by atoms with E-state index in [9.17, 15) is 5.11 Å². The maximum atomic E-state index is 10.3. The molecule has 7 heteroatoms. The lowest BCUT2D eigenvalue weighted by molar-refractivity contribution is 0.184. The summed E-state index contributed by atoms with van der Waals surface area (Å²) in [5.41, 5.74) is 0. The summed E-state index contributed by atoms with van der Waals surface area (Å²) in [5.74, 6) is 1.87. The zero-order valence-electron chi connectivity index (χ0n) is 13.4. The van der Waals surface area contributed by atoms with Crippen molar-refractivity contribution in [2.45, 2.75) is 12.5 Å². The van der Waals surface area contributed by atoms with Crippen LogP contribution in [0.2, 0.25) is 0 Å². The molecule has 1 aromatic carbocycles. The molecule has 0 radical (unpaired) electrons. The molecule has 0 saturated carbocycles. The number of guanidine groups is 1. The number of nitrogens with zero attached hydrogens (tertiary/aromatic N) is 1. The molecule has 128 valence electrons. The van der Waals surface area contributed by atoms with E-state index in [0.29, 0.717) is 6.54 Å². The Morgan fingerprint density at radius 3 is 2.83 bits per heavy atom. The molecule has 3 N–H and O–H groups in total. The van der Waals surface area contributed by atoms with Gasteiger partial charge in [0.05, 0.1) is 0 Å². The van der Waals surface area contributed by atoms with Gasteiger partial charge < -0.3 is 15.7 Å². The molecule has 0 spiro atoms. The summed E-state index contributed by atoms with van der Waals surface area (Å²) in [6, 6.07) is 10.2. The van der Waals surface area contributed by atoms with Crippen LogP contribution in [0.4, 0.5) is 0 Å². The molecule has 0 bridgehead atoms. The average molecular weight is 465 g/mol. The van der Waals surface area contributed by atoms with Crippen molar-refractivity contribution in [1.29, 1.82) is 0 Å². The lowest BCUT2D eigenvalue weighted by atomic mass is 10.2. The first-order valence-corrected chi connectivity index (χ1v) is 9.55. The fourth-order valence-electron chi connectivity index (χ4n) is 2.10. The van der Waals surface area contributed by atoms with Crippen LogP contribution in [0.5, 0.6) is 0 Å². The third kappa shape index (κ3) is 6.48. The fourth-order valence-corrected chi connectivity index (χ4v) is 3.59. The Morgan fingerprint density at radius 2 is 2.13 bits per heavy atom. The number of aliphatic hydroxyl groups is 1. The zero-order valence-corrected chi connectivity index (χ0v) is 17.4. The van der Waals surface area contributed by atoms with Crippen LogP contribution in [0.3, 0.4) is 0 Å².